The number of carbonyl (C=O) groups excluding carboxylic acids is 6. The normalized spacial score (nSPS) is 10.6. The Labute approximate surface area is 457 Å². The van der Waals surface area contributed by atoms with Crippen LogP contribution in [-0.4, -0.2) is 99.4 Å². The fourth-order valence-electron chi connectivity index (χ4n) is 8.04. The molecule has 24 heteroatoms. The number of fused-ring (bicyclic) bond motifs is 2. The summed E-state index contributed by atoms with van der Waals surface area (Å²) in [5, 5.41) is 23.5. The van der Waals surface area contributed by atoms with Crippen LogP contribution in [0.25, 0.3) is 21.7 Å². The number of aryl methyl sites for hydroxylation is 3. The van der Waals surface area contributed by atoms with Crippen molar-refractivity contribution in [2.45, 2.75) is 81.9 Å². The zero-order chi connectivity index (χ0) is 58.2. The van der Waals surface area contributed by atoms with E-state index in [9.17, 15) is 43.2 Å². The second-order valence-corrected chi connectivity index (χ2v) is 16.9. The Balaban J connectivity index is 0.000000194. The van der Waals surface area contributed by atoms with Gasteiger partial charge in [0, 0.05) is 60.1 Å². The number of nitrogens with zero attached hydrogens (tertiary/aromatic N) is 9. The Morgan fingerprint density at radius 3 is 1.36 bits per heavy atom. The highest BCUT2D eigenvalue weighted by atomic mass is 16.5. The minimum atomic E-state index is -0.756. The molecule has 0 aliphatic rings. The molecule has 3 N–H and O–H groups in total. The van der Waals surface area contributed by atoms with E-state index in [4.69, 9.17) is 14.2 Å². The number of ketones is 3. The summed E-state index contributed by atoms with van der Waals surface area (Å²) in [7, 11) is 0. The molecule has 0 aliphatic heterocycles. The highest BCUT2D eigenvalue weighted by molar-refractivity contribution is 6.11. The molecule has 6 aromatic heterocycles. The van der Waals surface area contributed by atoms with Crippen molar-refractivity contribution in [1.29, 1.82) is 0 Å². The topological polar surface area (TPSA) is 310 Å². The minimum Gasteiger partial charge on any atom is -0.461 e. The van der Waals surface area contributed by atoms with Gasteiger partial charge < -0.3 is 30.2 Å². The second-order valence-electron chi connectivity index (χ2n) is 16.9. The van der Waals surface area contributed by atoms with E-state index in [1.165, 1.54) is 27.0 Å². The molecule has 0 saturated heterocycles. The largest absolute Gasteiger partial charge is 0.461 e. The van der Waals surface area contributed by atoms with Gasteiger partial charge in [-0.1, -0.05) is 30.3 Å². The SMILES string of the molecule is CCOC(=O)c1nn(CC)c(=O)c(Nc2cccc3ncccc23)c1C(C)=O.CCOC(=O)c1nn(CC)c(=O)c(Nc2cccnc2)c1C(C)=O.CCOC(=O)c1nn(CC)c(=O)c(Nc2cncc3ccccc23)c1C(C)=O. The van der Waals surface area contributed by atoms with E-state index < -0.39 is 51.9 Å². The van der Waals surface area contributed by atoms with Gasteiger partial charge >= 0.3 is 17.9 Å². The molecule has 0 aliphatic carbocycles. The van der Waals surface area contributed by atoms with Crippen molar-refractivity contribution in [3.05, 3.63) is 163 Å². The third-order valence-corrected chi connectivity index (χ3v) is 11.6. The summed E-state index contributed by atoms with van der Waals surface area (Å²) in [4.78, 5) is 125. The first kappa shape index (κ1) is 59.1. The van der Waals surface area contributed by atoms with Gasteiger partial charge in [-0.05, 0) is 98.7 Å². The molecule has 8 aromatic rings. The maximum Gasteiger partial charge on any atom is 0.359 e. The number of anilines is 6. The summed E-state index contributed by atoms with van der Waals surface area (Å²) < 4.78 is 18.4. The molecule has 0 amide bonds. The Morgan fingerprint density at radius 1 is 0.463 bits per heavy atom. The third kappa shape index (κ3) is 13.3. The number of esters is 3. The Kier molecular flexibility index (Phi) is 20.1. The average Bonchev–Trinajstić information content (AvgIpc) is 3.51. The van der Waals surface area contributed by atoms with Crippen LogP contribution in [0.5, 0.6) is 0 Å². The molecule has 2 aromatic carbocycles. The van der Waals surface area contributed by atoms with Crippen molar-refractivity contribution in [3.8, 4) is 0 Å². The van der Waals surface area contributed by atoms with E-state index in [1.807, 2.05) is 36.4 Å². The lowest BCUT2D eigenvalue weighted by Gasteiger charge is -2.16. The maximum atomic E-state index is 12.9. The highest BCUT2D eigenvalue weighted by Crippen LogP contribution is 2.29. The van der Waals surface area contributed by atoms with Crippen molar-refractivity contribution >= 4 is 91.1 Å². The number of rotatable bonds is 18. The molecule has 80 heavy (non-hydrogen) atoms. The molecule has 24 nitrogen and oxygen atoms in total. The van der Waals surface area contributed by atoms with E-state index in [0.29, 0.717) is 17.1 Å². The molecule has 0 spiro atoms. The van der Waals surface area contributed by atoms with Crippen LogP contribution < -0.4 is 32.6 Å². The van der Waals surface area contributed by atoms with Gasteiger partial charge in [-0.25, -0.2) is 28.4 Å². The molecule has 414 valence electrons. The van der Waals surface area contributed by atoms with Gasteiger partial charge in [0.2, 0.25) is 0 Å². The van der Waals surface area contributed by atoms with Crippen LogP contribution >= 0.6 is 0 Å². The molecule has 0 unspecified atom stereocenters. The van der Waals surface area contributed by atoms with Crippen molar-refractivity contribution in [2.24, 2.45) is 0 Å². The quantitative estimate of drug-likeness (QED) is 0.0422. The average molecular weight is 1090 g/mol. The third-order valence-electron chi connectivity index (χ3n) is 11.6. The molecule has 0 fully saturated rings. The predicted molar refractivity (Wildman–Crippen MR) is 298 cm³/mol. The molecule has 0 bridgehead atoms. The summed E-state index contributed by atoms with van der Waals surface area (Å²) >= 11 is 0. The molecule has 6 heterocycles. The van der Waals surface area contributed by atoms with E-state index >= 15 is 0 Å². The summed E-state index contributed by atoms with van der Waals surface area (Å²) in [6, 6.07) is 19.9. The van der Waals surface area contributed by atoms with Crippen LogP contribution in [0.1, 0.15) is 125 Å². The number of Topliss-reactive ketones (excluding diaryl/α,β-unsaturated/α-hetero) is 3. The second kappa shape index (κ2) is 27.3. The van der Waals surface area contributed by atoms with Gasteiger partial charge in [0.05, 0.1) is 65.8 Å². The lowest BCUT2D eigenvalue weighted by atomic mass is 10.1. The number of ether oxygens (including phenoxy) is 3. The van der Waals surface area contributed by atoms with Crippen LogP contribution in [-0.2, 0) is 33.8 Å². The number of nitrogens with one attached hydrogen (secondary N) is 3. The number of benzene rings is 2. The lowest BCUT2D eigenvalue weighted by molar-refractivity contribution is 0.0504. The first-order chi connectivity index (χ1) is 38.4. The first-order valence-electron chi connectivity index (χ1n) is 25.3. The molecule has 0 atom stereocenters. The Hall–Kier alpha value is -10.1. The number of aromatic nitrogens is 9. The molecule has 0 saturated carbocycles. The highest BCUT2D eigenvalue weighted by Gasteiger charge is 2.29. The van der Waals surface area contributed by atoms with Gasteiger partial charge in [0.1, 0.15) is 17.1 Å². The fourth-order valence-corrected chi connectivity index (χ4v) is 8.04. The number of hydrogen-bond donors (Lipinski definition) is 3. The smallest absolute Gasteiger partial charge is 0.359 e. The maximum absolute atomic E-state index is 12.9. The van der Waals surface area contributed by atoms with Crippen LogP contribution in [0.15, 0.2) is 112 Å². The van der Waals surface area contributed by atoms with Crippen molar-refractivity contribution in [2.75, 3.05) is 35.8 Å². The van der Waals surface area contributed by atoms with Crippen LogP contribution in [0, 0.1) is 0 Å². The van der Waals surface area contributed by atoms with Gasteiger partial charge in [-0.15, -0.1) is 0 Å². The van der Waals surface area contributed by atoms with Crippen molar-refractivity contribution in [3.63, 3.8) is 0 Å². The Morgan fingerprint density at radius 2 is 0.912 bits per heavy atom. The Bertz CT molecular complexity index is 3650. The predicted octanol–water partition coefficient (Wildman–Crippen LogP) is 7.65. The number of hydrogen-bond acceptors (Lipinski definition) is 21. The fraction of sp³-hybridized carbons (Fsp3) is 0.268. The molecular formula is C56H58N12O12. The lowest BCUT2D eigenvalue weighted by Crippen LogP contribution is -2.31. The monoisotopic (exact) mass is 1090 g/mol. The van der Waals surface area contributed by atoms with Gasteiger partial charge in [0.25, 0.3) is 16.7 Å². The van der Waals surface area contributed by atoms with Crippen molar-refractivity contribution in [1.82, 2.24) is 44.3 Å². The van der Waals surface area contributed by atoms with E-state index in [1.54, 1.807) is 96.7 Å². The van der Waals surface area contributed by atoms with E-state index in [2.05, 4.69) is 46.2 Å². The van der Waals surface area contributed by atoms with Crippen LogP contribution in [0.2, 0.25) is 0 Å². The van der Waals surface area contributed by atoms with Crippen molar-refractivity contribution < 1.29 is 43.0 Å². The van der Waals surface area contributed by atoms with Gasteiger partial charge in [-0.3, -0.25) is 43.7 Å². The molecule has 8 rings (SSSR count). The van der Waals surface area contributed by atoms with E-state index in [0.717, 1.165) is 35.7 Å². The standard InChI is InChI=1S/2C20H20N4O4.C16H18N4O4/c1-4-24-19(26)17(16(12(3)25)18(23-24)20(27)28-5-2)22-15-10-6-9-14-13(15)8-7-11-21-14;1-4-24-19(26)17(16(12(3)25)18(23-24)20(27)28-5-2)22-15-11-21-10-13-8-6-7-9-14(13)15;1-4-20-15(22)13(18-11-7-6-8-17-9-11)12(10(3)21)14(19-20)16(23)24-5-2/h2*6-11,22H,4-5H2,1-3H3;6-9,18H,4-5H2,1-3H3. The molecular weight excluding hydrogens is 1030 g/mol. The minimum absolute atomic E-state index is 0.0104. The first-order valence-corrected chi connectivity index (χ1v) is 25.3. The zero-order valence-electron chi connectivity index (χ0n) is 45.4. The van der Waals surface area contributed by atoms with E-state index in [-0.39, 0.29) is 90.3 Å². The zero-order valence-corrected chi connectivity index (χ0v) is 45.4. The number of pyridine rings is 3. The number of carbonyl (C=O) groups is 6. The summed E-state index contributed by atoms with van der Waals surface area (Å²) in [6.45, 7) is 15.0. The summed E-state index contributed by atoms with van der Waals surface area (Å²) in [5.74, 6) is -3.65. The van der Waals surface area contributed by atoms with Gasteiger partial charge in [0.15, 0.2) is 34.4 Å². The van der Waals surface area contributed by atoms with Crippen LogP contribution in [0.4, 0.5) is 34.1 Å². The summed E-state index contributed by atoms with van der Waals surface area (Å²) in [6.07, 6.45) is 8.02. The molecule has 0 radical (unpaired) electrons. The van der Waals surface area contributed by atoms with Crippen LogP contribution in [0.3, 0.4) is 0 Å². The summed E-state index contributed by atoms with van der Waals surface area (Å²) in [5.41, 5.74) is -0.00882. The van der Waals surface area contributed by atoms with Gasteiger partial charge in [-0.2, -0.15) is 15.3 Å².